The molecule has 0 amide bonds. The largest absolute Gasteiger partial charge is 0.425 e. The van der Waals surface area contributed by atoms with Crippen molar-refractivity contribution in [3.8, 4) is 0 Å². The molecule has 10 heteroatoms. The number of halogens is 5. The first-order valence-electron chi connectivity index (χ1n) is 3.94. The molecule has 0 bridgehead atoms. The second-order valence-electron chi connectivity index (χ2n) is 2.88. The zero-order valence-electron chi connectivity index (χ0n) is 7.83. The van der Waals surface area contributed by atoms with Gasteiger partial charge in [-0.3, -0.25) is 15.1 Å². The van der Waals surface area contributed by atoms with Crippen LogP contribution in [-0.2, 0) is 6.18 Å². The molecule has 0 aliphatic rings. The molecule has 1 heterocycles. The molecule has 5 nitrogen and oxygen atoms in total. The highest BCUT2D eigenvalue weighted by Gasteiger charge is 2.45. The lowest BCUT2D eigenvalue weighted by molar-refractivity contribution is -0.387. The van der Waals surface area contributed by atoms with Crippen molar-refractivity contribution >= 4 is 11.4 Å². The number of aromatic nitrogens is 1. The van der Waals surface area contributed by atoms with Gasteiger partial charge in [-0.05, 0) is 0 Å². The summed E-state index contributed by atoms with van der Waals surface area (Å²) >= 11 is 0. The van der Waals surface area contributed by atoms with Crippen LogP contribution >= 0.6 is 0 Å². The first kappa shape index (κ1) is 13.1. The second kappa shape index (κ2) is 4.11. The van der Waals surface area contributed by atoms with Gasteiger partial charge in [0.15, 0.2) is 5.56 Å². The molecule has 0 spiro atoms. The van der Waals surface area contributed by atoms with Crippen LogP contribution in [0.1, 0.15) is 17.7 Å². The van der Waals surface area contributed by atoms with Crippen LogP contribution in [0.15, 0.2) is 6.20 Å². The van der Waals surface area contributed by atoms with Gasteiger partial charge in [0.2, 0.25) is 0 Å². The van der Waals surface area contributed by atoms with Gasteiger partial charge < -0.3 is 5.73 Å². The normalized spacial score (nSPS) is 11.9. The fourth-order valence-corrected chi connectivity index (χ4v) is 1.17. The Bertz CT molecular complexity index is 460. The summed E-state index contributed by atoms with van der Waals surface area (Å²) in [6.45, 7) is 0. The van der Waals surface area contributed by atoms with E-state index in [1.165, 1.54) is 0 Å². The van der Waals surface area contributed by atoms with Crippen LogP contribution in [0.25, 0.3) is 0 Å². The summed E-state index contributed by atoms with van der Waals surface area (Å²) in [6, 6.07) is 0. The Morgan fingerprint density at radius 3 is 2.29 bits per heavy atom. The van der Waals surface area contributed by atoms with E-state index in [9.17, 15) is 32.1 Å². The van der Waals surface area contributed by atoms with Crippen molar-refractivity contribution in [2.75, 3.05) is 5.73 Å². The van der Waals surface area contributed by atoms with E-state index in [-0.39, 0.29) is 0 Å². The van der Waals surface area contributed by atoms with Crippen LogP contribution in [0.5, 0.6) is 0 Å². The highest BCUT2D eigenvalue weighted by atomic mass is 19.4. The molecule has 0 aliphatic heterocycles. The standard InChI is InChI=1S/C7H4F5N3O2/c8-6(9)4-3(7(10,11)12)5(15(16)17)2(13)1-14-4/h1,6H,13H2. The summed E-state index contributed by atoms with van der Waals surface area (Å²) in [6.07, 6.45) is -8.53. The van der Waals surface area contributed by atoms with E-state index < -0.39 is 40.2 Å². The number of alkyl halides is 5. The molecule has 2 N–H and O–H groups in total. The zero-order valence-corrected chi connectivity index (χ0v) is 7.83. The SMILES string of the molecule is Nc1cnc(C(F)F)c(C(F)(F)F)c1[N+](=O)[O-]. The Balaban J connectivity index is 3.68. The maximum Gasteiger partial charge on any atom is 0.425 e. The summed E-state index contributed by atoms with van der Waals surface area (Å²) in [4.78, 5) is 11.7. The minimum Gasteiger partial charge on any atom is -0.392 e. The lowest BCUT2D eigenvalue weighted by atomic mass is 10.1. The van der Waals surface area contributed by atoms with Crippen LogP contribution < -0.4 is 5.73 Å². The van der Waals surface area contributed by atoms with E-state index in [0.29, 0.717) is 6.20 Å². The van der Waals surface area contributed by atoms with Crippen molar-refractivity contribution in [3.63, 3.8) is 0 Å². The third-order valence-electron chi connectivity index (χ3n) is 1.78. The number of nitro groups is 1. The molecule has 0 radical (unpaired) electrons. The molecule has 0 aliphatic carbocycles. The number of hydrogen-bond donors (Lipinski definition) is 1. The Hall–Kier alpha value is -2.00. The van der Waals surface area contributed by atoms with Gasteiger partial charge in [-0.1, -0.05) is 0 Å². The molecule has 1 aromatic rings. The zero-order chi connectivity index (χ0) is 13.4. The first-order chi connectivity index (χ1) is 7.66. The minimum absolute atomic E-state index is 0.398. The molecule has 0 atom stereocenters. The third kappa shape index (κ3) is 2.40. The van der Waals surface area contributed by atoms with Crippen molar-refractivity contribution in [3.05, 3.63) is 27.6 Å². The van der Waals surface area contributed by atoms with Crippen LogP contribution in [0, 0.1) is 10.1 Å². The summed E-state index contributed by atoms with van der Waals surface area (Å²) in [5.41, 5.74) is -1.42. The number of nitrogen functional groups attached to an aromatic ring is 1. The van der Waals surface area contributed by atoms with Gasteiger partial charge in [0.1, 0.15) is 11.4 Å². The Labute approximate surface area is 90.2 Å². The predicted octanol–water partition coefficient (Wildman–Crippen LogP) is 2.53. The quantitative estimate of drug-likeness (QED) is 0.501. The number of rotatable bonds is 2. The van der Waals surface area contributed by atoms with E-state index in [1.54, 1.807) is 0 Å². The van der Waals surface area contributed by atoms with Gasteiger partial charge in [-0.2, -0.15) is 13.2 Å². The van der Waals surface area contributed by atoms with Crippen molar-refractivity contribution in [1.29, 1.82) is 0 Å². The van der Waals surface area contributed by atoms with Crippen molar-refractivity contribution in [1.82, 2.24) is 4.98 Å². The third-order valence-corrected chi connectivity index (χ3v) is 1.78. The molecule has 0 saturated heterocycles. The lowest BCUT2D eigenvalue weighted by Gasteiger charge is -2.12. The highest BCUT2D eigenvalue weighted by Crippen LogP contribution is 2.43. The first-order valence-corrected chi connectivity index (χ1v) is 3.94. The molecule has 0 unspecified atom stereocenters. The summed E-state index contributed by atoms with van der Waals surface area (Å²) < 4.78 is 62.0. The van der Waals surface area contributed by atoms with Gasteiger partial charge in [0.05, 0.1) is 11.1 Å². The van der Waals surface area contributed by atoms with Crippen molar-refractivity contribution < 1.29 is 26.9 Å². The molecule has 94 valence electrons. The molecule has 1 aromatic heterocycles. The van der Waals surface area contributed by atoms with E-state index in [0.717, 1.165) is 0 Å². The lowest BCUT2D eigenvalue weighted by Crippen LogP contribution is -2.16. The van der Waals surface area contributed by atoms with Crippen molar-refractivity contribution in [2.24, 2.45) is 0 Å². The average molecular weight is 257 g/mol. The molecule has 17 heavy (non-hydrogen) atoms. The van der Waals surface area contributed by atoms with E-state index in [1.807, 2.05) is 0 Å². The Morgan fingerprint density at radius 1 is 1.41 bits per heavy atom. The Kier molecular flexibility index (Phi) is 3.16. The average Bonchev–Trinajstić information content (AvgIpc) is 2.14. The van der Waals surface area contributed by atoms with Crippen LogP contribution in [0.2, 0.25) is 0 Å². The topological polar surface area (TPSA) is 82.0 Å². The fourth-order valence-electron chi connectivity index (χ4n) is 1.17. The molecule has 1 rings (SSSR count). The number of pyridine rings is 1. The second-order valence-corrected chi connectivity index (χ2v) is 2.88. The van der Waals surface area contributed by atoms with Crippen LogP contribution in [0.3, 0.4) is 0 Å². The van der Waals surface area contributed by atoms with Gasteiger partial charge in [-0.15, -0.1) is 0 Å². The number of nitrogens with zero attached hydrogens (tertiary/aromatic N) is 2. The summed E-state index contributed by atoms with van der Waals surface area (Å²) in [7, 11) is 0. The molecule has 0 fully saturated rings. The maximum absolute atomic E-state index is 12.5. The molecule has 0 saturated carbocycles. The number of hydrogen-bond acceptors (Lipinski definition) is 4. The summed E-state index contributed by atoms with van der Waals surface area (Å²) in [5.74, 6) is 0. The highest BCUT2D eigenvalue weighted by molar-refractivity contribution is 5.63. The van der Waals surface area contributed by atoms with Crippen LogP contribution in [-0.4, -0.2) is 9.91 Å². The number of anilines is 1. The summed E-state index contributed by atoms with van der Waals surface area (Å²) in [5, 5.41) is 10.4. The van der Waals surface area contributed by atoms with Gasteiger partial charge in [0.25, 0.3) is 6.43 Å². The smallest absolute Gasteiger partial charge is 0.392 e. The molecule has 0 aromatic carbocycles. The monoisotopic (exact) mass is 257 g/mol. The Morgan fingerprint density at radius 2 is 1.94 bits per heavy atom. The van der Waals surface area contributed by atoms with Crippen molar-refractivity contribution in [2.45, 2.75) is 12.6 Å². The molecular weight excluding hydrogens is 253 g/mol. The van der Waals surface area contributed by atoms with Crippen LogP contribution in [0.4, 0.5) is 33.3 Å². The fraction of sp³-hybridized carbons (Fsp3) is 0.286. The van der Waals surface area contributed by atoms with Gasteiger partial charge >= 0.3 is 11.9 Å². The van der Waals surface area contributed by atoms with Gasteiger partial charge in [-0.25, -0.2) is 8.78 Å². The number of nitrogens with two attached hydrogens (primary N) is 1. The van der Waals surface area contributed by atoms with E-state index in [4.69, 9.17) is 5.73 Å². The minimum atomic E-state index is -5.34. The van der Waals surface area contributed by atoms with E-state index in [2.05, 4.69) is 4.98 Å². The maximum atomic E-state index is 12.5. The van der Waals surface area contributed by atoms with Gasteiger partial charge in [0, 0.05) is 0 Å². The molecular formula is C7H4F5N3O2. The van der Waals surface area contributed by atoms with E-state index >= 15 is 0 Å². The predicted molar refractivity (Wildman–Crippen MR) is 45.3 cm³/mol.